The molecule has 0 aliphatic rings. The maximum Gasteiger partial charge on any atom is 0.194 e. The third-order valence-corrected chi connectivity index (χ3v) is 3.49. The summed E-state index contributed by atoms with van der Waals surface area (Å²) >= 11 is 1.63. The summed E-state index contributed by atoms with van der Waals surface area (Å²) in [5.74, 6) is 0. The molecule has 0 saturated carbocycles. The van der Waals surface area contributed by atoms with Crippen molar-refractivity contribution in [1.29, 1.82) is 0 Å². The first-order valence-electron chi connectivity index (χ1n) is 5.45. The van der Waals surface area contributed by atoms with Crippen molar-refractivity contribution < 1.29 is 0 Å². The van der Waals surface area contributed by atoms with E-state index in [2.05, 4.69) is 19.7 Å². The van der Waals surface area contributed by atoms with Crippen molar-refractivity contribution in [2.45, 2.75) is 6.42 Å². The molecule has 5 heteroatoms. The molecule has 0 bridgehead atoms. The van der Waals surface area contributed by atoms with Crippen LogP contribution < -0.4 is 5.73 Å². The van der Waals surface area contributed by atoms with Crippen LogP contribution in [0.15, 0.2) is 36.0 Å². The van der Waals surface area contributed by atoms with E-state index in [9.17, 15) is 0 Å². The summed E-state index contributed by atoms with van der Waals surface area (Å²) in [6, 6.07) is 5.92. The third-order valence-electron chi connectivity index (χ3n) is 2.65. The van der Waals surface area contributed by atoms with Crippen molar-refractivity contribution in [2.75, 3.05) is 6.54 Å². The van der Waals surface area contributed by atoms with Gasteiger partial charge in [-0.3, -0.25) is 9.38 Å². The maximum absolute atomic E-state index is 5.61. The zero-order chi connectivity index (χ0) is 11.7. The Balaban J connectivity index is 2.19. The Morgan fingerprint density at radius 3 is 3.00 bits per heavy atom. The van der Waals surface area contributed by atoms with Crippen LogP contribution in [0.1, 0.15) is 5.69 Å². The van der Waals surface area contributed by atoms with Gasteiger partial charge in [-0.15, -0.1) is 11.3 Å². The van der Waals surface area contributed by atoms with E-state index in [1.54, 1.807) is 17.5 Å². The number of nitrogens with zero attached hydrogens (tertiary/aromatic N) is 3. The fourth-order valence-electron chi connectivity index (χ4n) is 1.88. The van der Waals surface area contributed by atoms with Crippen molar-refractivity contribution in [1.82, 2.24) is 14.4 Å². The predicted octanol–water partition coefficient (Wildman–Crippen LogP) is 1.96. The van der Waals surface area contributed by atoms with Gasteiger partial charge >= 0.3 is 0 Å². The molecular formula is C12H12N4S. The monoisotopic (exact) mass is 244 g/mol. The minimum absolute atomic E-state index is 0.630. The molecule has 3 aromatic heterocycles. The van der Waals surface area contributed by atoms with Crippen LogP contribution in [-0.2, 0) is 6.42 Å². The number of fused-ring (bicyclic) bond motifs is 1. The van der Waals surface area contributed by atoms with Crippen LogP contribution in [0.3, 0.4) is 0 Å². The highest BCUT2D eigenvalue weighted by Crippen LogP contribution is 2.25. The Morgan fingerprint density at radius 1 is 1.29 bits per heavy atom. The molecule has 3 aromatic rings. The molecule has 4 nitrogen and oxygen atoms in total. The molecule has 0 atom stereocenters. The lowest BCUT2D eigenvalue weighted by atomic mass is 10.3. The van der Waals surface area contributed by atoms with E-state index in [1.165, 1.54) is 0 Å². The number of hydrogen-bond acceptors (Lipinski definition) is 4. The predicted molar refractivity (Wildman–Crippen MR) is 69.1 cm³/mol. The largest absolute Gasteiger partial charge is 0.330 e. The molecular weight excluding hydrogens is 232 g/mol. The number of pyridine rings is 1. The number of nitrogens with two attached hydrogens (primary N) is 1. The van der Waals surface area contributed by atoms with E-state index >= 15 is 0 Å². The van der Waals surface area contributed by atoms with Gasteiger partial charge in [0.2, 0.25) is 0 Å². The normalized spacial score (nSPS) is 11.1. The molecule has 0 spiro atoms. The molecule has 0 unspecified atom stereocenters. The highest BCUT2D eigenvalue weighted by Gasteiger charge is 2.11. The fraction of sp³-hybridized carbons (Fsp3) is 0.167. The molecule has 0 radical (unpaired) electrons. The smallest absolute Gasteiger partial charge is 0.194 e. The van der Waals surface area contributed by atoms with Crippen LogP contribution in [0.25, 0.3) is 16.3 Å². The second-order valence-corrected chi connectivity index (χ2v) is 4.58. The van der Waals surface area contributed by atoms with Gasteiger partial charge in [0.25, 0.3) is 0 Å². The summed E-state index contributed by atoms with van der Waals surface area (Å²) in [5, 5.41) is 2.09. The lowest BCUT2D eigenvalue weighted by Gasteiger charge is -2.02. The Labute approximate surface area is 103 Å². The average Bonchev–Trinajstić information content (AvgIpc) is 2.94. The zero-order valence-electron chi connectivity index (χ0n) is 9.21. The van der Waals surface area contributed by atoms with E-state index < -0.39 is 0 Å². The Bertz CT molecular complexity index is 626. The number of aromatic nitrogens is 3. The van der Waals surface area contributed by atoms with Crippen molar-refractivity contribution in [2.24, 2.45) is 5.73 Å². The van der Waals surface area contributed by atoms with E-state index in [4.69, 9.17) is 5.73 Å². The molecule has 17 heavy (non-hydrogen) atoms. The van der Waals surface area contributed by atoms with Gasteiger partial charge < -0.3 is 5.73 Å². The number of hydrogen-bond donors (Lipinski definition) is 1. The number of rotatable bonds is 3. The Hall–Kier alpha value is -1.72. The lowest BCUT2D eigenvalue weighted by Crippen LogP contribution is -2.05. The summed E-state index contributed by atoms with van der Waals surface area (Å²) in [6.07, 6.45) is 4.53. The summed E-state index contributed by atoms with van der Waals surface area (Å²) in [4.78, 5) is 9.76. The minimum atomic E-state index is 0.630. The SMILES string of the molecule is NCCc1cnc2scc(-c3ccccn3)n12. The maximum atomic E-state index is 5.61. The van der Waals surface area contributed by atoms with Gasteiger partial charge in [0.15, 0.2) is 4.96 Å². The first-order valence-corrected chi connectivity index (χ1v) is 6.33. The second kappa shape index (κ2) is 4.27. The molecule has 0 aromatic carbocycles. The molecule has 3 heterocycles. The molecule has 3 rings (SSSR count). The van der Waals surface area contributed by atoms with Gasteiger partial charge in [-0.05, 0) is 18.7 Å². The third kappa shape index (κ3) is 1.73. The first-order chi connectivity index (χ1) is 8.40. The summed E-state index contributed by atoms with van der Waals surface area (Å²) in [6.45, 7) is 0.630. The van der Waals surface area contributed by atoms with E-state index in [-0.39, 0.29) is 0 Å². The van der Waals surface area contributed by atoms with Crippen molar-refractivity contribution in [3.05, 3.63) is 41.7 Å². The molecule has 0 saturated heterocycles. The lowest BCUT2D eigenvalue weighted by molar-refractivity contribution is 0.910. The van der Waals surface area contributed by atoms with Gasteiger partial charge in [-0.25, -0.2) is 4.98 Å². The van der Waals surface area contributed by atoms with Crippen LogP contribution in [0.5, 0.6) is 0 Å². The quantitative estimate of drug-likeness (QED) is 0.766. The van der Waals surface area contributed by atoms with Crippen molar-refractivity contribution in [3.63, 3.8) is 0 Å². The van der Waals surface area contributed by atoms with Crippen LogP contribution in [0.4, 0.5) is 0 Å². The van der Waals surface area contributed by atoms with Crippen molar-refractivity contribution >= 4 is 16.3 Å². The van der Waals surface area contributed by atoms with E-state index in [0.717, 1.165) is 28.5 Å². The minimum Gasteiger partial charge on any atom is -0.330 e. The van der Waals surface area contributed by atoms with Crippen LogP contribution >= 0.6 is 11.3 Å². The molecule has 0 aliphatic carbocycles. The van der Waals surface area contributed by atoms with Gasteiger partial charge in [0, 0.05) is 23.7 Å². The number of imidazole rings is 1. The molecule has 2 N–H and O–H groups in total. The standard InChI is InChI=1S/C12H12N4S/c13-5-4-9-7-15-12-16(9)11(8-17-12)10-3-1-2-6-14-10/h1-3,6-8H,4-5,13H2. The molecule has 0 aliphatic heterocycles. The second-order valence-electron chi connectivity index (χ2n) is 3.74. The molecule has 0 fully saturated rings. The Morgan fingerprint density at radius 2 is 2.24 bits per heavy atom. The van der Waals surface area contributed by atoms with Gasteiger partial charge in [0.05, 0.1) is 17.6 Å². The van der Waals surface area contributed by atoms with E-state index in [0.29, 0.717) is 6.54 Å². The van der Waals surface area contributed by atoms with Gasteiger partial charge in [-0.1, -0.05) is 6.07 Å². The summed E-state index contributed by atoms with van der Waals surface area (Å²) in [7, 11) is 0. The molecule has 86 valence electrons. The Kier molecular flexibility index (Phi) is 2.62. The fourth-order valence-corrected chi connectivity index (χ4v) is 2.76. The molecule has 0 amide bonds. The number of thiazole rings is 1. The van der Waals surface area contributed by atoms with Crippen molar-refractivity contribution in [3.8, 4) is 11.4 Å². The highest BCUT2D eigenvalue weighted by atomic mass is 32.1. The van der Waals surface area contributed by atoms with Gasteiger partial charge in [0.1, 0.15) is 0 Å². The highest BCUT2D eigenvalue weighted by molar-refractivity contribution is 7.15. The van der Waals surface area contributed by atoms with E-state index in [1.807, 2.05) is 24.4 Å². The zero-order valence-corrected chi connectivity index (χ0v) is 10.0. The topological polar surface area (TPSA) is 56.2 Å². The first kappa shape index (κ1) is 10.4. The summed E-state index contributed by atoms with van der Waals surface area (Å²) < 4.78 is 2.14. The summed E-state index contributed by atoms with van der Waals surface area (Å²) in [5.41, 5.74) is 8.81. The van der Waals surface area contributed by atoms with Crippen LogP contribution in [0, 0.1) is 0 Å². The van der Waals surface area contributed by atoms with Crippen LogP contribution in [0.2, 0.25) is 0 Å². The average molecular weight is 244 g/mol. The van der Waals surface area contributed by atoms with Gasteiger partial charge in [-0.2, -0.15) is 0 Å². The van der Waals surface area contributed by atoms with Crippen LogP contribution in [-0.4, -0.2) is 20.9 Å².